The van der Waals surface area contributed by atoms with Crippen molar-refractivity contribution in [1.29, 1.82) is 0 Å². The summed E-state index contributed by atoms with van der Waals surface area (Å²) in [6.45, 7) is 3.86. The Bertz CT molecular complexity index is 401. The molecule has 0 bridgehead atoms. The Balaban J connectivity index is 2.46. The van der Waals surface area contributed by atoms with Gasteiger partial charge in [0.15, 0.2) is 0 Å². The molecule has 82 valence electrons. The van der Waals surface area contributed by atoms with Crippen LogP contribution in [-0.2, 0) is 5.41 Å². The fourth-order valence-corrected chi connectivity index (χ4v) is 2.40. The molecule has 0 spiro atoms. The van der Waals surface area contributed by atoms with Gasteiger partial charge in [0.2, 0.25) is 0 Å². The van der Waals surface area contributed by atoms with Gasteiger partial charge in [0.1, 0.15) is 11.6 Å². The molecule has 1 atom stereocenters. The summed E-state index contributed by atoms with van der Waals surface area (Å²) >= 11 is 0. The van der Waals surface area contributed by atoms with Gasteiger partial charge in [-0.1, -0.05) is 19.9 Å². The van der Waals surface area contributed by atoms with Gasteiger partial charge in [0.05, 0.1) is 6.61 Å². The average molecular weight is 212 g/mol. The third-order valence-corrected chi connectivity index (χ3v) is 3.63. The minimum atomic E-state index is -0.581. The monoisotopic (exact) mass is 212 g/mol. The van der Waals surface area contributed by atoms with Crippen LogP contribution in [0.3, 0.4) is 0 Å². The van der Waals surface area contributed by atoms with Crippen LogP contribution in [0.4, 0.5) is 8.78 Å². The van der Waals surface area contributed by atoms with Crippen molar-refractivity contribution in [2.24, 2.45) is 5.41 Å². The number of rotatable bonds is 2. The van der Waals surface area contributed by atoms with E-state index < -0.39 is 17.0 Å². The van der Waals surface area contributed by atoms with Crippen molar-refractivity contribution in [3.8, 4) is 0 Å². The van der Waals surface area contributed by atoms with Gasteiger partial charge in [-0.25, -0.2) is 8.78 Å². The predicted octanol–water partition coefficient (Wildman–Crippen LogP) is 2.62. The summed E-state index contributed by atoms with van der Waals surface area (Å²) in [4.78, 5) is 0. The molecule has 0 radical (unpaired) electrons. The van der Waals surface area contributed by atoms with E-state index in [0.29, 0.717) is 5.56 Å². The van der Waals surface area contributed by atoms with Crippen molar-refractivity contribution in [2.45, 2.75) is 25.7 Å². The fraction of sp³-hybridized carbons (Fsp3) is 0.500. The van der Waals surface area contributed by atoms with Crippen LogP contribution in [0, 0.1) is 17.0 Å². The van der Waals surface area contributed by atoms with Crippen molar-refractivity contribution in [3.63, 3.8) is 0 Å². The third-order valence-electron chi connectivity index (χ3n) is 3.63. The number of hydrogen-bond acceptors (Lipinski definition) is 1. The van der Waals surface area contributed by atoms with E-state index in [4.69, 9.17) is 0 Å². The molecule has 3 heteroatoms. The molecule has 0 aliphatic heterocycles. The van der Waals surface area contributed by atoms with Crippen LogP contribution in [0.2, 0.25) is 0 Å². The van der Waals surface area contributed by atoms with Gasteiger partial charge in [-0.15, -0.1) is 0 Å². The Morgan fingerprint density at radius 3 is 2.33 bits per heavy atom. The van der Waals surface area contributed by atoms with E-state index in [2.05, 4.69) is 0 Å². The van der Waals surface area contributed by atoms with Gasteiger partial charge in [0, 0.05) is 11.5 Å². The predicted molar refractivity (Wildman–Crippen MR) is 53.5 cm³/mol. The molecule has 1 nitrogen and oxygen atoms in total. The molecular weight excluding hydrogens is 198 g/mol. The Morgan fingerprint density at radius 1 is 1.33 bits per heavy atom. The van der Waals surface area contributed by atoms with Crippen molar-refractivity contribution in [2.75, 3.05) is 6.61 Å². The molecule has 0 amide bonds. The summed E-state index contributed by atoms with van der Waals surface area (Å²) in [6, 6.07) is 3.56. The molecular formula is C12H14F2O. The fourth-order valence-electron chi connectivity index (χ4n) is 2.40. The Morgan fingerprint density at radius 2 is 1.93 bits per heavy atom. The topological polar surface area (TPSA) is 20.2 Å². The molecule has 15 heavy (non-hydrogen) atoms. The van der Waals surface area contributed by atoms with E-state index in [1.807, 2.05) is 13.8 Å². The number of benzene rings is 1. The van der Waals surface area contributed by atoms with Crippen LogP contribution in [0.5, 0.6) is 0 Å². The van der Waals surface area contributed by atoms with Crippen molar-refractivity contribution in [3.05, 3.63) is 35.4 Å². The van der Waals surface area contributed by atoms with Gasteiger partial charge in [-0.2, -0.15) is 0 Å². The molecule has 0 heterocycles. The maximum absolute atomic E-state index is 13.6. The minimum absolute atomic E-state index is 0.0947. The molecule has 1 aliphatic carbocycles. The molecule has 2 rings (SSSR count). The SMILES string of the molecule is CC1(C)CC1(CO)c1ccc(F)cc1F. The summed E-state index contributed by atoms with van der Waals surface area (Å²) in [6.07, 6.45) is 0.735. The van der Waals surface area contributed by atoms with Crippen LogP contribution in [0.25, 0.3) is 0 Å². The Hall–Kier alpha value is -0.960. The highest BCUT2D eigenvalue weighted by molar-refractivity contribution is 5.38. The summed E-state index contributed by atoms with van der Waals surface area (Å²) in [7, 11) is 0. The van der Waals surface area contributed by atoms with Crippen molar-refractivity contribution in [1.82, 2.24) is 0 Å². The summed E-state index contributed by atoms with van der Waals surface area (Å²) in [5.41, 5.74) is -0.207. The molecule has 1 fully saturated rings. The molecule has 1 saturated carbocycles. The number of aliphatic hydroxyl groups excluding tert-OH is 1. The van der Waals surface area contributed by atoms with E-state index >= 15 is 0 Å². The van der Waals surface area contributed by atoms with Crippen LogP contribution < -0.4 is 0 Å². The molecule has 1 aliphatic rings. The van der Waals surface area contributed by atoms with E-state index in [-0.39, 0.29) is 12.0 Å². The number of aliphatic hydroxyl groups is 1. The Kier molecular flexibility index (Phi) is 2.12. The van der Waals surface area contributed by atoms with Gasteiger partial charge >= 0.3 is 0 Å². The molecule has 1 aromatic rings. The van der Waals surface area contributed by atoms with Gasteiger partial charge in [-0.3, -0.25) is 0 Å². The zero-order valence-electron chi connectivity index (χ0n) is 8.85. The zero-order valence-corrected chi connectivity index (χ0v) is 8.85. The quantitative estimate of drug-likeness (QED) is 0.799. The smallest absolute Gasteiger partial charge is 0.129 e. The van der Waals surface area contributed by atoms with E-state index in [0.717, 1.165) is 12.5 Å². The van der Waals surface area contributed by atoms with Gasteiger partial charge in [-0.05, 0) is 23.5 Å². The highest BCUT2D eigenvalue weighted by atomic mass is 19.1. The highest BCUT2D eigenvalue weighted by Gasteiger charge is 2.62. The summed E-state index contributed by atoms with van der Waals surface area (Å²) in [5, 5.41) is 9.38. The van der Waals surface area contributed by atoms with E-state index in [1.54, 1.807) is 0 Å². The van der Waals surface area contributed by atoms with E-state index in [1.165, 1.54) is 12.1 Å². The van der Waals surface area contributed by atoms with Crippen molar-refractivity contribution < 1.29 is 13.9 Å². The normalized spacial score (nSPS) is 27.8. The zero-order chi connectivity index (χ0) is 11.3. The van der Waals surface area contributed by atoms with Crippen LogP contribution in [0.1, 0.15) is 25.8 Å². The second-order valence-corrected chi connectivity index (χ2v) is 4.93. The van der Waals surface area contributed by atoms with Crippen LogP contribution in [-0.4, -0.2) is 11.7 Å². The lowest BCUT2D eigenvalue weighted by atomic mass is 9.88. The summed E-state index contributed by atoms with van der Waals surface area (Å²) < 4.78 is 26.3. The molecule has 1 aromatic carbocycles. The van der Waals surface area contributed by atoms with Gasteiger partial charge < -0.3 is 5.11 Å². The first-order valence-electron chi connectivity index (χ1n) is 4.99. The van der Waals surface area contributed by atoms with E-state index in [9.17, 15) is 13.9 Å². The maximum atomic E-state index is 13.6. The lowest BCUT2D eigenvalue weighted by molar-refractivity contribution is 0.228. The molecule has 1 N–H and O–H groups in total. The highest BCUT2D eigenvalue weighted by Crippen LogP contribution is 2.64. The molecule has 0 saturated heterocycles. The standard InChI is InChI=1S/C12H14F2O/c1-11(2)6-12(11,7-15)9-4-3-8(13)5-10(9)14/h3-5,15H,6-7H2,1-2H3. The lowest BCUT2D eigenvalue weighted by Gasteiger charge is -2.18. The first kappa shape index (κ1) is 10.6. The number of halogens is 2. The first-order valence-corrected chi connectivity index (χ1v) is 4.99. The number of hydrogen-bond donors (Lipinski definition) is 1. The van der Waals surface area contributed by atoms with Crippen LogP contribution in [0.15, 0.2) is 18.2 Å². The van der Waals surface area contributed by atoms with Gasteiger partial charge in [0.25, 0.3) is 0 Å². The third kappa shape index (κ3) is 1.37. The molecule has 1 unspecified atom stereocenters. The lowest BCUT2D eigenvalue weighted by Crippen LogP contribution is -2.20. The first-order chi connectivity index (χ1) is 6.93. The maximum Gasteiger partial charge on any atom is 0.129 e. The second-order valence-electron chi connectivity index (χ2n) is 4.93. The average Bonchev–Trinajstić information content (AvgIpc) is 2.69. The largest absolute Gasteiger partial charge is 0.395 e. The van der Waals surface area contributed by atoms with Crippen LogP contribution >= 0.6 is 0 Å². The molecule has 0 aromatic heterocycles. The minimum Gasteiger partial charge on any atom is -0.395 e. The van der Waals surface area contributed by atoms with Crippen molar-refractivity contribution >= 4 is 0 Å². The Labute approximate surface area is 87.7 Å². The second kappa shape index (κ2) is 3.01. The summed E-state index contributed by atoms with van der Waals surface area (Å²) in [5.74, 6) is -1.14.